The lowest BCUT2D eigenvalue weighted by Gasteiger charge is -2.34. The van der Waals surface area contributed by atoms with Gasteiger partial charge in [0.15, 0.2) is 0 Å². The van der Waals surface area contributed by atoms with Gasteiger partial charge >= 0.3 is 0 Å². The topological polar surface area (TPSA) is 9.23 Å². The lowest BCUT2D eigenvalue weighted by Crippen LogP contribution is -2.35. The quantitative estimate of drug-likeness (QED) is 0.640. The van der Waals surface area contributed by atoms with E-state index in [0.717, 1.165) is 12.3 Å². The number of alkyl halides is 1. The maximum absolute atomic E-state index is 6.37. The third-order valence-corrected chi connectivity index (χ3v) is 3.58. The molecule has 13 heavy (non-hydrogen) atoms. The van der Waals surface area contributed by atoms with E-state index in [4.69, 9.17) is 16.3 Å². The summed E-state index contributed by atoms with van der Waals surface area (Å²) in [6.07, 6.45) is 5.23. The van der Waals surface area contributed by atoms with E-state index in [9.17, 15) is 0 Å². The van der Waals surface area contributed by atoms with Crippen LogP contribution in [0.15, 0.2) is 0 Å². The minimum absolute atomic E-state index is 0.237. The zero-order valence-electron chi connectivity index (χ0n) is 8.92. The zero-order chi connectivity index (χ0) is 9.84. The van der Waals surface area contributed by atoms with E-state index in [1.54, 1.807) is 7.11 Å². The molecule has 2 unspecified atom stereocenters. The lowest BCUT2D eigenvalue weighted by molar-refractivity contribution is 0.0508. The average molecular weight is 205 g/mol. The summed E-state index contributed by atoms with van der Waals surface area (Å²) in [5, 5.41) is 0.237. The van der Waals surface area contributed by atoms with E-state index in [1.807, 2.05) is 0 Å². The molecule has 1 nitrogen and oxygen atoms in total. The number of hydrogen-bond donors (Lipinski definition) is 0. The van der Waals surface area contributed by atoms with Crippen LogP contribution in [-0.4, -0.2) is 18.6 Å². The molecule has 1 aliphatic carbocycles. The third kappa shape index (κ3) is 3.14. The summed E-state index contributed by atoms with van der Waals surface area (Å²) in [6, 6.07) is 0. The Hall–Kier alpha value is 0.250. The molecule has 1 fully saturated rings. The Morgan fingerprint density at radius 2 is 2.08 bits per heavy atom. The van der Waals surface area contributed by atoms with Gasteiger partial charge in [0.25, 0.3) is 0 Å². The van der Waals surface area contributed by atoms with Crippen molar-refractivity contribution in [2.24, 2.45) is 11.8 Å². The molecule has 78 valence electrons. The number of hydrogen-bond acceptors (Lipinski definition) is 1. The molecule has 0 saturated heterocycles. The lowest BCUT2D eigenvalue weighted by atomic mass is 9.82. The number of ether oxygens (including phenoxy) is 1. The minimum atomic E-state index is 0.237. The molecular formula is C11H21ClO. The van der Waals surface area contributed by atoms with Gasteiger partial charge in [0, 0.05) is 7.11 Å². The average Bonchev–Trinajstić information content (AvgIpc) is 2.08. The van der Waals surface area contributed by atoms with Crippen LogP contribution in [0.4, 0.5) is 0 Å². The van der Waals surface area contributed by atoms with Crippen molar-refractivity contribution < 1.29 is 4.74 Å². The fraction of sp³-hybridized carbons (Fsp3) is 1.00. The van der Waals surface area contributed by atoms with Crippen LogP contribution >= 0.6 is 11.6 Å². The Morgan fingerprint density at radius 1 is 1.38 bits per heavy atom. The van der Waals surface area contributed by atoms with E-state index in [-0.39, 0.29) is 5.38 Å². The van der Waals surface area contributed by atoms with Crippen molar-refractivity contribution in [1.82, 2.24) is 0 Å². The first kappa shape index (κ1) is 11.3. The van der Waals surface area contributed by atoms with Gasteiger partial charge in [-0.15, -0.1) is 11.6 Å². The largest absolute Gasteiger partial charge is 0.380 e. The minimum Gasteiger partial charge on any atom is -0.380 e. The Labute approximate surface area is 86.8 Å². The smallest absolute Gasteiger partial charge is 0.0737 e. The molecule has 0 aromatic heterocycles. The van der Waals surface area contributed by atoms with Gasteiger partial charge in [-0.1, -0.05) is 20.3 Å². The SMILES string of the molecule is CO[C@H]1CCCC(CC(C)C)C1Cl. The van der Waals surface area contributed by atoms with E-state index in [1.165, 1.54) is 19.3 Å². The molecule has 0 amide bonds. The van der Waals surface area contributed by atoms with Gasteiger partial charge in [-0.05, 0) is 31.1 Å². The predicted molar refractivity (Wildman–Crippen MR) is 57.2 cm³/mol. The van der Waals surface area contributed by atoms with Crippen LogP contribution in [0.3, 0.4) is 0 Å². The van der Waals surface area contributed by atoms with Crippen molar-refractivity contribution in [3.63, 3.8) is 0 Å². The monoisotopic (exact) mass is 204 g/mol. The molecule has 0 bridgehead atoms. The summed E-state index contributed by atoms with van der Waals surface area (Å²) in [5.41, 5.74) is 0. The first-order valence-electron chi connectivity index (χ1n) is 5.32. The van der Waals surface area contributed by atoms with E-state index >= 15 is 0 Å². The highest BCUT2D eigenvalue weighted by atomic mass is 35.5. The van der Waals surface area contributed by atoms with Crippen molar-refractivity contribution in [1.29, 1.82) is 0 Å². The predicted octanol–water partition coefficient (Wildman–Crippen LogP) is 3.46. The second-order valence-electron chi connectivity index (χ2n) is 4.54. The summed E-state index contributed by atoms with van der Waals surface area (Å²) < 4.78 is 5.38. The highest BCUT2D eigenvalue weighted by Gasteiger charge is 2.31. The van der Waals surface area contributed by atoms with E-state index < -0.39 is 0 Å². The Bertz CT molecular complexity index is 147. The number of halogens is 1. The highest BCUT2D eigenvalue weighted by Crippen LogP contribution is 2.34. The summed E-state index contributed by atoms with van der Waals surface area (Å²) in [6.45, 7) is 4.53. The maximum atomic E-state index is 6.37. The molecule has 1 rings (SSSR count). The first-order chi connectivity index (χ1) is 6.15. The van der Waals surface area contributed by atoms with Gasteiger partial charge in [-0.2, -0.15) is 0 Å². The van der Waals surface area contributed by atoms with Crippen molar-refractivity contribution in [3.8, 4) is 0 Å². The van der Waals surface area contributed by atoms with Crippen LogP contribution in [0, 0.1) is 11.8 Å². The van der Waals surface area contributed by atoms with Crippen molar-refractivity contribution >= 4 is 11.6 Å². The normalized spacial score (nSPS) is 35.3. The van der Waals surface area contributed by atoms with Crippen LogP contribution < -0.4 is 0 Å². The van der Waals surface area contributed by atoms with Gasteiger partial charge in [0.2, 0.25) is 0 Å². The van der Waals surface area contributed by atoms with Crippen molar-refractivity contribution in [2.45, 2.75) is 51.0 Å². The fourth-order valence-electron chi connectivity index (χ4n) is 2.30. The number of rotatable bonds is 3. The molecule has 1 aliphatic rings. The molecule has 0 radical (unpaired) electrons. The van der Waals surface area contributed by atoms with Gasteiger partial charge in [0.05, 0.1) is 11.5 Å². The molecular weight excluding hydrogens is 184 g/mol. The molecule has 3 atom stereocenters. The van der Waals surface area contributed by atoms with Gasteiger partial charge in [-0.3, -0.25) is 0 Å². The molecule has 2 heteroatoms. The molecule has 0 aromatic carbocycles. The van der Waals surface area contributed by atoms with E-state index in [0.29, 0.717) is 12.0 Å². The second-order valence-corrected chi connectivity index (χ2v) is 5.04. The van der Waals surface area contributed by atoms with Crippen molar-refractivity contribution in [3.05, 3.63) is 0 Å². The second kappa shape index (κ2) is 5.21. The third-order valence-electron chi connectivity index (χ3n) is 2.95. The van der Waals surface area contributed by atoms with Crippen LogP contribution in [0.2, 0.25) is 0 Å². The Morgan fingerprint density at radius 3 is 2.62 bits per heavy atom. The van der Waals surface area contributed by atoms with Gasteiger partial charge in [0.1, 0.15) is 0 Å². The fourth-order valence-corrected chi connectivity index (χ4v) is 2.76. The van der Waals surface area contributed by atoms with Crippen LogP contribution in [-0.2, 0) is 4.74 Å². The molecule has 0 heterocycles. The standard InChI is InChI=1S/C11H21ClO/c1-8(2)7-9-5-4-6-10(13-3)11(9)12/h8-11H,4-7H2,1-3H3/t9?,10-,11?/m0/s1. The van der Waals surface area contributed by atoms with Crippen LogP contribution in [0.5, 0.6) is 0 Å². The Balaban J connectivity index is 2.44. The first-order valence-corrected chi connectivity index (χ1v) is 5.75. The summed E-state index contributed by atoms with van der Waals surface area (Å²) in [5.74, 6) is 1.42. The zero-order valence-corrected chi connectivity index (χ0v) is 9.68. The summed E-state index contributed by atoms with van der Waals surface area (Å²) in [4.78, 5) is 0. The number of methoxy groups -OCH3 is 1. The van der Waals surface area contributed by atoms with Crippen LogP contribution in [0.1, 0.15) is 39.5 Å². The van der Waals surface area contributed by atoms with Crippen molar-refractivity contribution in [2.75, 3.05) is 7.11 Å². The maximum Gasteiger partial charge on any atom is 0.0737 e. The molecule has 0 N–H and O–H groups in total. The molecule has 0 aromatic rings. The van der Waals surface area contributed by atoms with Gasteiger partial charge < -0.3 is 4.74 Å². The summed E-state index contributed by atoms with van der Waals surface area (Å²) >= 11 is 6.37. The molecule has 0 spiro atoms. The summed E-state index contributed by atoms with van der Waals surface area (Å²) in [7, 11) is 1.78. The Kier molecular flexibility index (Phi) is 4.54. The highest BCUT2D eigenvalue weighted by molar-refractivity contribution is 6.21. The molecule has 0 aliphatic heterocycles. The van der Waals surface area contributed by atoms with Gasteiger partial charge in [-0.25, -0.2) is 0 Å². The van der Waals surface area contributed by atoms with Crippen LogP contribution in [0.25, 0.3) is 0 Å². The molecule has 1 saturated carbocycles. The van der Waals surface area contributed by atoms with E-state index in [2.05, 4.69) is 13.8 Å².